The van der Waals surface area contributed by atoms with Gasteiger partial charge < -0.3 is 15.4 Å². The number of rotatable bonds is 9. The van der Waals surface area contributed by atoms with Crippen LogP contribution in [0.2, 0.25) is 0 Å². The minimum Gasteiger partial charge on any atom is -0.435 e. The third-order valence-corrected chi connectivity index (χ3v) is 8.22. The molecule has 38 heavy (non-hydrogen) atoms. The van der Waals surface area contributed by atoms with Crippen molar-refractivity contribution in [3.05, 3.63) is 54.4 Å². The van der Waals surface area contributed by atoms with Crippen molar-refractivity contribution in [1.82, 2.24) is 20.3 Å². The number of nitrogens with one attached hydrogen (secondary N) is 3. The van der Waals surface area contributed by atoms with Crippen LogP contribution in [0.5, 0.6) is 11.6 Å². The molecule has 202 valence electrons. The number of benzene rings is 1. The molecule has 1 aliphatic heterocycles. The molecular weight excluding hydrogens is 514 g/mol. The minimum atomic E-state index is -3.82. The summed E-state index contributed by atoms with van der Waals surface area (Å²) in [5.74, 6) is -2.72. The van der Waals surface area contributed by atoms with Crippen LogP contribution in [-0.2, 0) is 10.0 Å². The SMILES string of the molecule is O=S(=O)(CC1CCCC1)Nc1ccc(Oc2ncccc2-c2ccnc(N[C@H]3CCCNC3)n2)c(F)c1F. The Balaban J connectivity index is 1.34. The maximum atomic E-state index is 15.0. The Morgan fingerprint density at radius 2 is 1.84 bits per heavy atom. The molecule has 0 spiro atoms. The highest BCUT2D eigenvalue weighted by Crippen LogP contribution is 2.34. The van der Waals surface area contributed by atoms with Gasteiger partial charge in [0, 0.05) is 25.0 Å². The number of hydrogen-bond acceptors (Lipinski definition) is 8. The zero-order chi connectivity index (χ0) is 26.5. The highest BCUT2D eigenvalue weighted by Gasteiger charge is 2.25. The monoisotopic (exact) mass is 544 g/mol. The molecule has 3 N–H and O–H groups in total. The van der Waals surface area contributed by atoms with E-state index >= 15 is 0 Å². The lowest BCUT2D eigenvalue weighted by Crippen LogP contribution is -2.38. The van der Waals surface area contributed by atoms with E-state index in [1.807, 2.05) is 0 Å². The van der Waals surface area contributed by atoms with Crippen molar-refractivity contribution in [3.8, 4) is 22.9 Å². The normalized spacial score (nSPS) is 18.3. The first-order valence-corrected chi connectivity index (χ1v) is 14.5. The largest absolute Gasteiger partial charge is 0.435 e. The number of aromatic nitrogens is 3. The van der Waals surface area contributed by atoms with Crippen LogP contribution in [0.1, 0.15) is 38.5 Å². The maximum absolute atomic E-state index is 15.0. The quantitative estimate of drug-likeness (QED) is 0.355. The van der Waals surface area contributed by atoms with Gasteiger partial charge in [-0.05, 0) is 68.5 Å². The minimum absolute atomic E-state index is 0.0179. The van der Waals surface area contributed by atoms with E-state index in [4.69, 9.17) is 4.74 Å². The summed E-state index contributed by atoms with van der Waals surface area (Å²) in [6.07, 6.45) is 8.72. The summed E-state index contributed by atoms with van der Waals surface area (Å²) in [5.41, 5.74) is 0.491. The molecule has 3 heterocycles. The van der Waals surface area contributed by atoms with E-state index in [2.05, 4.69) is 30.3 Å². The smallest absolute Gasteiger partial charge is 0.233 e. The average molecular weight is 545 g/mol. The summed E-state index contributed by atoms with van der Waals surface area (Å²) in [6.45, 7) is 1.80. The number of nitrogens with zero attached hydrogens (tertiary/aromatic N) is 3. The number of ether oxygens (including phenoxy) is 1. The lowest BCUT2D eigenvalue weighted by molar-refractivity contribution is 0.407. The summed E-state index contributed by atoms with van der Waals surface area (Å²) < 4.78 is 62.7. The first-order valence-electron chi connectivity index (χ1n) is 12.8. The van der Waals surface area contributed by atoms with Crippen molar-refractivity contribution in [2.24, 2.45) is 5.92 Å². The Hall–Kier alpha value is -3.38. The van der Waals surface area contributed by atoms with Gasteiger partial charge in [-0.25, -0.2) is 27.8 Å². The molecule has 2 fully saturated rings. The maximum Gasteiger partial charge on any atom is 0.233 e. The van der Waals surface area contributed by atoms with Crippen LogP contribution in [-0.4, -0.2) is 48.3 Å². The van der Waals surface area contributed by atoms with Crippen molar-refractivity contribution >= 4 is 21.7 Å². The fourth-order valence-corrected chi connectivity index (χ4v) is 6.42. The molecule has 2 aromatic heterocycles. The highest BCUT2D eigenvalue weighted by atomic mass is 32.2. The van der Waals surface area contributed by atoms with Crippen LogP contribution >= 0.6 is 0 Å². The van der Waals surface area contributed by atoms with Crippen LogP contribution < -0.4 is 20.1 Å². The van der Waals surface area contributed by atoms with Crippen LogP contribution in [0.3, 0.4) is 0 Å². The number of pyridine rings is 1. The Morgan fingerprint density at radius 1 is 1.00 bits per heavy atom. The molecule has 1 atom stereocenters. The van der Waals surface area contributed by atoms with E-state index in [0.717, 1.165) is 57.7 Å². The Morgan fingerprint density at radius 3 is 2.63 bits per heavy atom. The zero-order valence-corrected chi connectivity index (χ0v) is 21.6. The van der Waals surface area contributed by atoms with Crippen molar-refractivity contribution in [2.45, 2.75) is 44.6 Å². The number of hydrogen-bond donors (Lipinski definition) is 3. The topological polar surface area (TPSA) is 118 Å². The molecule has 2 aliphatic rings. The molecule has 0 radical (unpaired) electrons. The van der Waals surface area contributed by atoms with E-state index in [9.17, 15) is 17.2 Å². The summed E-state index contributed by atoms with van der Waals surface area (Å²) in [7, 11) is -3.82. The Bertz CT molecular complexity index is 1380. The molecule has 1 saturated carbocycles. The fourth-order valence-electron chi connectivity index (χ4n) is 4.89. The lowest BCUT2D eigenvalue weighted by Gasteiger charge is -2.23. The van der Waals surface area contributed by atoms with E-state index in [-0.39, 0.29) is 23.6 Å². The second kappa shape index (κ2) is 11.6. The van der Waals surface area contributed by atoms with Gasteiger partial charge in [-0.1, -0.05) is 12.8 Å². The second-order valence-corrected chi connectivity index (χ2v) is 11.5. The predicted molar refractivity (Wildman–Crippen MR) is 141 cm³/mol. The second-order valence-electron chi connectivity index (χ2n) is 9.68. The van der Waals surface area contributed by atoms with Crippen LogP contribution in [0, 0.1) is 17.6 Å². The lowest BCUT2D eigenvalue weighted by atomic mass is 10.1. The van der Waals surface area contributed by atoms with Gasteiger partial charge in [0.15, 0.2) is 11.6 Å². The van der Waals surface area contributed by atoms with Gasteiger partial charge in [-0.2, -0.15) is 4.39 Å². The first kappa shape index (κ1) is 26.2. The highest BCUT2D eigenvalue weighted by molar-refractivity contribution is 7.92. The van der Waals surface area contributed by atoms with Gasteiger partial charge in [0.2, 0.25) is 27.7 Å². The summed E-state index contributed by atoms with van der Waals surface area (Å²) in [6, 6.07) is 7.58. The van der Waals surface area contributed by atoms with E-state index in [0.29, 0.717) is 17.2 Å². The summed E-state index contributed by atoms with van der Waals surface area (Å²) >= 11 is 0. The Kier molecular flexibility index (Phi) is 7.98. The number of anilines is 2. The van der Waals surface area contributed by atoms with Crippen molar-refractivity contribution in [3.63, 3.8) is 0 Å². The predicted octanol–water partition coefficient (Wildman–Crippen LogP) is 4.70. The third kappa shape index (κ3) is 6.36. The molecule has 0 amide bonds. The molecule has 0 bridgehead atoms. The molecular formula is C26H30F2N6O3S. The molecule has 9 nitrogen and oxygen atoms in total. The molecule has 1 aromatic carbocycles. The van der Waals surface area contributed by atoms with Crippen LogP contribution in [0.15, 0.2) is 42.7 Å². The van der Waals surface area contributed by atoms with Crippen molar-refractivity contribution in [1.29, 1.82) is 0 Å². The molecule has 1 saturated heterocycles. The molecule has 1 aliphatic carbocycles. The zero-order valence-electron chi connectivity index (χ0n) is 20.8. The average Bonchev–Trinajstić information content (AvgIpc) is 3.42. The van der Waals surface area contributed by atoms with Gasteiger partial charge in [0.05, 0.1) is 22.7 Å². The van der Waals surface area contributed by atoms with E-state index in [1.165, 1.54) is 12.3 Å². The van der Waals surface area contributed by atoms with Crippen LogP contribution in [0.4, 0.5) is 20.4 Å². The molecule has 5 rings (SSSR count). The van der Waals surface area contributed by atoms with Gasteiger partial charge in [0.1, 0.15) is 0 Å². The summed E-state index contributed by atoms with van der Waals surface area (Å²) in [4.78, 5) is 13.0. The standard InChI is InChI=1S/C26H30F2N6O3S/c27-23-21(34-38(35,36)16-17-5-1-2-6-17)9-10-22(24(23)28)37-25-19(8-4-13-30-25)20-11-14-31-26(33-20)32-18-7-3-12-29-15-18/h4,8-11,13-14,17-18,29,34H,1-3,5-7,12,15-16H2,(H,31,32,33)/t18-/m0/s1. The number of piperidine rings is 1. The van der Waals surface area contributed by atoms with Gasteiger partial charge in [-0.15, -0.1) is 0 Å². The van der Waals surface area contributed by atoms with Gasteiger partial charge in [-0.3, -0.25) is 4.72 Å². The molecule has 3 aromatic rings. The fraction of sp³-hybridized carbons (Fsp3) is 0.423. The number of sulfonamides is 1. The van der Waals surface area contributed by atoms with E-state index in [1.54, 1.807) is 24.4 Å². The van der Waals surface area contributed by atoms with Gasteiger partial charge in [0.25, 0.3) is 0 Å². The van der Waals surface area contributed by atoms with Crippen LogP contribution in [0.25, 0.3) is 11.3 Å². The summed E-state index contributed by atoms with van der Waals surface area (Å²) in [5, 5.41) is 6.64. The third-order valence-electron chi connectivity index (χ3n) is 6.78. The van der Waals surface area contributed by atoms with E-state index < -0.39 is 33.1 Å². The molecule has 12 heteroatoms. The first-order chi connectivity index (χ1) is 18.4. The molecule has 0 unspecified atom stereocenters. The van der Waals surface area contributed by atoms with Crippen molar-refractivity contribution in [2.75, 3.05) is 28.9 Å². The Labute approximate surface area is 220 Å². The number of halogens is 2. The van der Waals surface area contributed by atoms with Gasteiger partial charge >= 0.3 is 0 Å². The van der Waals surface area contributed by atoms with Crippen molar-refractivity contribution < 1.29 is 21.9 Å².